The molecule has 0 saturated carbocycles. The minimum absolute atomic E-state index is 0.0229. The average Bonchev–Trinajstić information content (AvgIpc) is 3.15. The number of aromatic amines is 1. The first-order valence-electron chi connectivity index (χ1n) is 8.12. The van der Waals surface area contributed by atoms with Gasteiger partial charge < -0.3 is 4.90 Å². The molecule has 3 rings (SSSR count). The quantitative estimate of drug-likeness (QED) is 0.915. The molecule has 0 spiro atoms. The van der Waals surface area contributed by atoms with Gasteiger partial charge in [-0.05, 0) is 25.8 Å². The van der Waals surface area contributed by atoms with E-state index in [1.165, 1.54) is 4.88 Å². The molecule has 6 heteroatoms. The van der Waals surface area contributed by atoms with Gasteiger partial charge in [-0.25, -0.2) is 4.98 Å². The van der Waals surface area contributed by atoms with Crippen LogP contribution in [0, 0.1) is 6.92 Å². The summed E-state index contributed by atoms with van der Waals surface area (Å²) in [5, 5.41) is 8.38. The lowest BCUT2D eigenvalue weighted by molar-refractivity contribution is 0.0701. The summed E-state index contributed by atoms with van der Waals surface area (Å²) in [5.74, 6) is 0.377. The van der Waals surface area contributed by atoms with Gasteiger partial charge in [0.2, 0.25) is 0 Å². The molecule has 0 bridgehead atoms. The van der Waals surface area contributed by atoms with E-state index in [0.29, 0.717) is 11.6 Å². The van der Waals surface area contributed by atoms with E-state index in [-0.39, 0.29) is 11.3 Å². The molecule has 1 unspecified atom stereocenters. The van der Waals surface area contributed by atoms with Crippen LogP contribution in [0.3, 0.4) is 0 Å². The SMILES string of the molecule is Cc1cnc(C2CCCN(C(=O)c3cc(C(C)(C)C)[nH]n3)C2)s1. The fourth-order valence-corrected chi connectivity index (χ4v) is 3.80. The number of aromatic nitrogens is 3. The molecule has 0 radical (unpaired) electrons. The Kier molecular flexibility index (Phi) is 4.27. The molecule has 1 amide bonds. The Bertz CT molecular complexity index is 698. The van der Waals surface area contributed by atoms with Gasteiger partial charge in [-0.15, -0.1) is 11.3 Å². The molecular weight excluding hydrogens is 308 g/mol. The number of nitrogens with zero attached hydrogens (tertiary/aromatic N) is 3. The Hall–Kier alpha value is -1.69. The van der Waals surface area contributed by atoms with Crippen molar-refractivity contribution in [1.29, 1.82) is 0 Å². The number of hydrogen-bond acceptors (Lipinski definition) is 4. The zero-order chi connectivity index (χ0) is 16.6. The van der Waals surface area contributed by atoms with Crippen LogP contribution in [0.15, 0.2) is 12.3 Å². The van der Waals surface area contributed by atoms with Gasteiger partial charge in [0.05, 0.1) is 5.01 Å². The number of amides is 1. The maximum absolute atomic E-state index is 12.7. The number of thiazole rings is 1. The van der Waals surface area contributed by atoms with Crippen LogP contribution < -0.4 is 0 Å². The lowest BCUT2D eigenvalue weighted by Gasteiger charge is -2.31. The van der Waals surface area contributed by atoms with Crippen LogP contribution in [-0.4, -0.2) is 39.1 Å². The van der Waals surface area contributed by atoms with Crippen LogP contribution in [0.2, 0.25) is 0 Å². The zero-order valence-electron chi connectivity index (χ0n) is 14.2. The number of nitrogens with one attached hydrogen (secondary N) is 1. The van der Waals surface area contributed by atoms with Crippen LogP contribution in [-0.2, 0) is 5.41 Å². The Labute approximate surface area is 141 Å². The van der Waals surface area contributed by atoms with E-state index in [4.69, 9.17) is 0 Å². The second kappa shape index (κ2) is 6.07. The van der Waals surface area contributed by atoms with Gasteiger partial charge in [0.1, 0.15) is 5.69 Å². The summed E-state index contributed by atoms with van der Waals surface area (Å²) in [6.45, 7) is 9.94. The van der Waals surface area contributed by atoms with Crippen molar-refractivity contribution >= 4 is 17.2 Å². The standard InChI is InChI=1S/C17H24N4OS/c1-11-9-18-15(23-11)12-6-5-7-21(10-12)16(22)13-8-14(20-19-13)17(2,3)4/h8-9,12H,5-7,10H2,1-4H3,(H,19,20). The number of hydrogen-bond donors (Lipinski definition) is 1. The molecular formula is C17H24N4OS. The highest BCUT2D eigenvalue weighted by Gasteiger charge is 2.29. The van der Waals surface area contributed by atoms with Crippen molar-refractivity contribution in [3.63, 3.8) is 0 Å². The maximum Gasteiger partial charge on any atom is 0.274 e. The van der Waals surface area contributed by atoms with E-state index in [2.05, 4.69) is 42.9 Å². The van der Waals surface area contributed by atoms with Crippen molar-refractivity contribution in [2.75, 3.05) is 13.1 Å². The van der Waals surface area contributed by atoms with Crippen LogP contribution in [0.5, 0.6) is 0 Å². The van der Waals surface area contributed by atoms with Crippen molar-refractivity contribution < 1.29 is 4.79 Å². The molecule has 2 aromatic rings. The van der Waals surface area contributed by atoms with Gasteiger partial charge >= 0.3 is 0 Å². The largest absolute Gasteiger partial charge is 0.337 e. The number of piperidine rings is 1. The first-order chi connectivity index (χ1) is 10.8. The average molecular weight is 332 g/mol. The fraction of sp³-hybridized carbons (Fsp3) is 0.588. The number of carbonyl (C=O) groups is 1. The molecule has 2 aromatic heterocycles. The number of rotatable bonds is 2. The van der Waals surface area contributed by atoms with Crippen molar-refractivity contribution in [2.24, 2.45) is 0 Å². The smallest absolute Gasteiger partial charge is 0.274 e. The highest BCUT2D eigenvalue weighted by Crippen LogP contribution is 2.30. The second-order valence-electron chi connectivity index (χ2n) is 7.32. The summed E-state index contributed by atoms with van der Waals surface area (Å²) >= 11 is 1.74. The van der Waals surface area contributed by atoms with Gasteiger partial charge in [0.15, 0.2) is 0 Å². The minimum atomic E-state index is -0.0334. The van der Waals surface area contributed by atoms with Gasteiger partial charge in [-0.2, -0.15) is 5.10 Å². The molecule has 1 N–H and O–H groups in total. The van der Waals surface area contributed by atoms with Crippen LogP contribution in [0.1, 0.15) is 65.6 Å². The number of aryl methyl sites for hydroxylation is 1. The van der Waals surface area contributed by atoms with Crippen molar-refractivity contribution in [1.82, 2.24) is 20.1 Å². The van der Waals surface area contributed by atoms with Crippen molar-refractivity contribution in [3.8, 4) is 0 Å². The predicted molar refractivity (Wildman–Crippen MR) is 92.0 cm³/mol. The highest BCUT2D eigenvalue weighted by molar-refractivity contribution is 7.11. The van der Waals surface area contributed by atoms with Gasteiger partial charge in [0, 0.05) is 41.2 Å². The summed E-state index contributed by atoms with van der Waals surface area (Å²) in [4.78, 5) is 20.4. The van der Waals surface area contributed by atoms with Crippen LogP contribution >= 0.6 is 11.3 Å². The van der Waals surface area contributed by atoms with E-state index in [1.807, 2.05) is 17.2 Å². The predicted octanol–water partition coefficient (Wildman–Crippen LogP) is 3.49. The van der Waals surface area contributed by atoms with E-state index in [0.717, 1.165) is 36.6 Å². The monoisotopic (exact) mass is 332 g/mol. The third-order valence-corrected chi connectivity index (χ3v) is 5.38. The van der Waals surface area contributed by atoms with E-state index in [9.17, 15) is 4.79 Å². The summed E-state index contributed by atoms with van der Waals surface area (Å²) in [5.41, 5.74) is 1.48. The number of carbonyl (C=O) groups excluding carboxylic acids is 1. The van der Waals surface area contributed by atoms with Crippen LogP contribution in [0.25, 0.3) is 0 Å². The molecule has 1 saturated heterocycles. The zero-order valence-corrected chi connectivity index (χ0v) is 15.0. The highest BCUT2D eigenvalue weighted by atomic mass is 32.1. The molecule has 5 nitrogen and oxygen atoms in total. The third kappa shape index (κ3) is 3.47. The lowest BCUT2D eigenvalue weighted by Crippen LogP contribution is -2.39. The van der Waals surface area contributed by atoms with Gasteiger partial charge in [-0.3, -0.25) is 9.89 Å². The molecule has 1 fully saturated rings. The molecule has 3 heterocycles. The normalized spacial score (nSPS) is 19.1. The van der Waals surface area contributed by atoms with Crippen LogP contribution in [0.4, 0.5) is 0 Å². The van der Waals surface area contributed by atoms with Gasteiger partial charge in [0.25, 0.3) is 5.91 Å². The Morgan fingerprint density at radius 1 is 1.43 bits per heavy atom. The van der Waals surface area contributed by atoms with E-state index < -0.39 is 0 Å². The second-order valence-corrected chi connectivity index (χ2v) is 8.58. The summed E-state index contributed by atoms with van der Waals surface area (Å²) in [6.07, 6.45) is 4.04. The molecule has 1 aliphatic rings. The Morgan fingerprint density at radius 2 is 2.22 bits per heavy atom. The lowest BCUT2D eigenvalue weighted by atomic mass is 9.92. The minimum Gasteiger partial charge on any atom is -0.337 e. The first-order valence-corrected chi connectivity index (χ1v) is 8.94. The maximum atomic E-state index is 12.7. The summed E-state index contributed by atoms with van der Waals surface area (Å²) in [6, 6.07) is 1.89. The van der Waals surface area contributed by atoms with E-state index >= 15 is 0 Å². The molecule has 0 aromatic carbocycles. The first kappa shape index (κ1) is 16.2. The molecule has 0 aliphatic carbocycles. The summed E-state index contributed by atoms with van der Waals surface area (Å²) < 4.78 is 0. The Balaban J connectivity index is 1.73. The Morgan fingerprint density at radius 3 is 2.83 bits per heavy atom. The molecule has 1 atom stereocenters. The third-order valence-electron chi connectivity index (χ3n) is 4.30. The molecule has 124 valence electrons. The summed E-state index contributed by atoms with van der Waals surface area (Å²) in [7, 11) is 0. The molecule has 23 heavy (non-hydrogen) atoms. The molecule has 1 aliphatic heterocycles. The van der Waals surface area contributed by atoms with Crippen molar-refractivity contribution in [3.05, 3.63) is 33.5 Å². The van der Waals surface area contributed by atoms with Crippen molar-refractivity contribution in [2.45, 2.75) is 51.9 Å². The number of likely N-dealkylation sites (tertiary alicyclic amines) is 1. The fourth-order valence-electron chi connectivity index (χ4n) is 2.90. The van der Waals surface area contributed by atoms with E-state index in [1.54, 1.807) is 11.3 Å². The topological polar surface area (TPSA) is 61.9 Å². The number of H-pyrrole nitrogens is 1. The van der Waals surface area contributed by atoms with Gasteiger partial charge in [-0.1, -0.05) is 20.8 Å².